The summed E-state index contributed by atoms with van der Waals surface area (Å²) in [6.07, 6.45) is 2.87. The van der Waals surface area contributed by atoms with Gasteiger partial charge < -0.3 is 18.9 Å². The van der Waals surface area contributed by atoms with Gasteiger partial charge in [0, 0.05) is 24.9 Å². The quantitative estimate of drug-likeness (QED) is 0.334. The predicted octanol–water partition coefficient (Wildman–Crippen LogP) is 4.84. The lowest BCUT2D eigenvalue weighted by Gasteiger charge is -2.22. The van der Waals surface area contributed by atoms with Gasteiger partial charge in [-0.1, -0.05) is 37.3 Å². The van der Waals surface area contributed by atoms with Gasteiger partial charge in [0.2, 0.25) is 0 Å². The average molecular weight is 493 g/mol. The average Bonchev–Trinajstić information content (AvgIpc) is 2.90. The molecule has 1 heterocycles. The Hall–Kier alpha value is -4.07. The molecule has 8 heteroatoms. The van der Waals surface area contributed by atoms with Crippen molar-refractivity contribution >= 4 is 12.1 Å². The Kier molecular flexibility index (Phi) is 10.1. The number of hydrogen-bond donors (Lipinski definition) is 0. The van der Waals surface area contributed by atoms with Crippen molar-refractivity contribution in [3.63, 3.8) is 0 Å². The molecule has 0 bridgehead atoms. The molecule has 3 rings (SSSR count). The van der Waals surface area contributed by atoms with Gasteiger partial charge in [-0.2, -0.15) is 0 Å². The molecule has 0 aliphatic carbocycles. The van der Waals surface area contributed by atoms with Gasteiger partial charge in [0.1, 0.15) is 12.3 Å². The predicted molar refractivity (Wildman–Crippen MR) is 135 cm³/mol. The number of rotatable bonds is 12. The zero-order chi connectivity index (χ0) is 25.8. The van der Waals surface area contributed by atoms with Crippen molar-refractivity contribution in [2.45, 2.75) is 33.2 Å². The number of amides is 1. The van der Waals surface area contributed by atoms with Gasteiger partial charge in [0.05, 0.1) is 20.3 Å². The highest BCUT2D eigenvalue weighted by molar-refractivity contribution is 5.79. The van der Waals surface area contributed by atoms with Crippen LogP contribution in [0.4, 0.5) is 4.79 Å². The minimum absolute atomic E-state index is 0.154. The molecule has 0 N–H and O–H groups in total. The van der Waals surface area contributed by atoms with Crippen LogP contribution >= 0.6 is 0 Å². The van der Waals surface area contributed by atoms with Crippen molar-refractivity contribution in [2.75, 3.05) is 26.9 Å². The van der Waals surface area contributed by atoms with Crippen molar-refractivity contribution in [1.29, 1.82) is 0 Å². The summed E-state index contributed by atoms with van der Waals surface area (Å²) >= 11 is 0. The molecule has 0 spiro atoms. The molecule has 0 saturated carbocycles. The third kappa shape index (κ3) is 8.01. The van der Waals surface area contributed by atoms with Gasteiger partial charge in [0.15, 0.2) is 11.5 Å². The van der Waals surface area contributed by atoms with E-state index in [0.29, 0.717) is 24.5 Å². The highest BCUT2D eigenvalue weighted by Crippen LogP contribution is 2.26. The van der Waals surface area contributed by atoms with Crippen LogP contribution in [0, 0.1) is 0 Å². The van der Waals surface area contributed by atoms with E-state index in [4.69, 9.17) is 18.9 Å². The van der Waals surface area contributed by atoms with E-state index in [2.05, 4.69) is 18.0 Å². The fraction of sp³-hybridized carbons (Fsp3) is 0.321. The topological polar surface area (TPSA) is 87.2 Å². The van der Waals surface area contributed by atoms with E-state index in [1.54, 1.807) is 31.2 Å². The standard InChI is InChI=1S/C28H32N2O6/c1-4-21-10-13-23(29-18-21)16-17-35-24-14-11-22(12-15-24)19-30(20-27(31)34-5-2)28(32)36-26-9-7-6-8-25(26)33-3/h6-15,18H,4-5,16-17,19-20H2,1-3H3. The van der Waals surface area contributed by atoms with E-state index in [0.717, 1.165) is 17.7 Å². The number of esters is 1. The Labute approximate surface area is 211 Å². The maximum Gasteiger partial charge on any atom is 0.416 e. The normalized spacial score (nSPS) is 10.4. The highest BCUT2D eigenvalue weighted by Gasteiger charge is 2.22. The second-order valence-electron chi connectivity index (χ2n) is 7.93. The molecule has 190 valence electrons. The molecule has 8 nitrogen and oxygen atoms in total. The van der Waals surface area contributed by atoms with Crippen LogP contribution in [-0.4, -0.2) is 48.8 Å². The molecule has 0 fully saturated rings. The van der Waals surface area contributed by atoms with Gasteiger partial charge in [-0.15, -0.1) is 0 Å². The molecule has 0 aliphatic heterocycles. The lowest BCUT2D eigenvalue weighted by Crippen LogP contribution is -2.38. The summed E-state index contributed by atoms with van der Waals surface area (Å²) in [7, 11) is 1.49. The van der Waals surface area contributed by atoms with Crippen LogP contribution in [0.25, 0.3) is 0 Å². The van der Waals surface area contributed by atoms with Gasteiger partial charge in [0.25, 0.3) is 0 Å². The largest absolute Gasteiger partial charge is 0.493 e. The lowest BCUT2D eigenvalue weighted by molar-refractivity contribution is -0.144. The fourth-order valence-electron chi connectivity index (χ4n) is 3.41. The van der Waals surface area contributed by atoms with E-state index in [-0.39, 0.29) is 25.4 Å². The van der Waals surface area contributed by atoms with Gasteiger partial charge in [-0.05, 0) is 54.8 Å². The molecule has 0 aliphatic rings. The highest BCUT2D eigenvalue weighted by atomic mass is 16.6. The maximum atomic E-state index is 12.9. The molecular formula is C28H32N2O6. The van der Waals surface area contributed by atoms with Crippen molar-refractivity contribution in [1.82, 2.24) is 9.88 Å². The van der Waals surface area contributed by atoms with E-state index in [9.17, 15) is 9.59 Å². The number of aromatic nitrogens is 1. The van der Waals surface area contributed by atoms with Crippen molar-refractivity contribution < 1.29 is 28.5 Å². The minimum Gasteiger partial charge on any atom is -0.493 e. The molecule has 36 heavy (non-hydrogen) atoms. The van der Waals surface area contributed by atoms with Gasteiger partial charge >= 0.3 is 12.1 Å². The summed E-state index contributed by atoms with van der Waals surface area (Å²) in [5.41, 5.74) is 2.99. The van der Waals surface area contributed by atoms with Crippen molar-refractivity contribution in [3.05, 3.63) is 83.7 Å². The third-order valence-electron chi connectivity index (χ3n) is 5.37. The first-order valence-electron chi connectivity index (χ1n) is 11.9. The second-order valence-corrected chi connectivity index (χ2v) is 7.93. The van der Waals surface area contributed by atoms with Crippen molar-refractivity contribution in [2.24, 2.45) is 0 Å². The smallest absolute Gasteiger partial charge is 0.416 e. The summed E-state index contributed by atoms with van der Waals surface area (Å²) in [6.45, 7) is 4.44. The summed E-state index contributed by atoms with van der Waals surface area (Å²) in [5, 5.41) is 0. The third-order valence-corrected chi connectivity index (χ3v) is 5.37. The Morgan fingerprint density at radius 1 is 0.917 bits per heavy atom. The van der Waals surface area contributed by atoms with Crippen molar-refractivity contribution in [3.8, 4) is 17.2 Å². The first kappa shape index (κ1) is 26.5. The zero-order valence-electron chi connectivity index (χ0n) is 20.9. The molecule has 1 aromatic heterocycles. The number of nitrogens with zero attached hydrogens (tertiary/aromatic N) is 2. The van der Waals surface area contributed by atoms with Gasteiger partial charge in [-0.25, -0.2) is 4.79 Å². The Bertz CT molecular complexity index is 1120. The first-order chi connectivity index (χ1) is 17.5. The van der Waals surface area contributed by atoms with Crippen LogP contribution in [0.3, 0.4) is 0 Å². The Morgan fingerprint density at radius 2 is 1.64 bits per heavy atom. The molecule has 3 aromatic rings. The van der Waals surface area contributed by atoms with Crippen LogP contribution in [0.5, 0.6) is 17.2 Å². The number of carbonyl (C=O) groups is 2. The molecule has 0 radical (unpaired) electrons. The van der Waals surface area contributed by atoms with Crippen LogP contribution < -0.4 is 14.2 Å². The molecule has 1 amide bonds. The van der Waals surface area contributed by atoms with E-state index in [1.165, 1.54) is 17.6 Å². The number of hydrogen-bond acceptors (Lipinski definition) is 7. The summed E-state index contributed by atoms with van der Waals surface area (Å²) in [4.78, 5) is 30.8. The SMILES string of the molecule is CCOC(=O)CN(Cc1ccc(OCCc2ccc(CC)cn2)cc1)C(=O)Oc1ccccc1OC. The number of methoxy groups -OCH3 is 1. The lowest BCUT2D eigenvalue weighted by atomic mass is 10.2. The van der Waals surface area contributed by atoms with Crippen LogP contribution in [0.15, 0.2) is 66.9 Å². The van der Waals surface area contributed by atoms with Crippen LogP contribution in [0.1, 0.15) is 30.7 Å². The fourth-order valence-corrected chi connectivity index (χ4v) is 3.41. The molecule has 2 aromatic carbocycles. The number of ether oxygens (including phenoxy) is 4. The minimum atomic E-state index is -0.686. The second kappa shape index (κ2) is 13.7. The monoisotopic (exact) mass is 492 g/mol. The van der Waals surface area contributed by atoms with E-state index >= 15 is 0 Å². The van der Waals surface area contributed by atoms with E-state index in [1.807, 2.05) is 36.5 Å². The number of carbonyl (C=O) groups excluding carboxylic acids is 2. The summed E-state index contributed by atoms with van der Waals surface area (Å²) in [6, 6.07) is 18.3. The number of benzene rings is 2. The molecule has 0 unspecified atom stereocenters. The van der Waals surface area contributed by atoms with E-state index < -0.39 is 12.1 Å². The van der Waals surface area contributed by atoms with Crippen LogP contribution in [-0.2, 0) is 28.9 Å². The molecular weight excluding hydrogens is 460 g/mol. The zero-order valence-corrected chi connectivity index (χ0v) is 20.9. The Balaban J connectivity index is 1.60. The summed E-state index contributed by atoms with van der Waals surface area (Å²) in [5.74, 6) is 0.869. The molecule has 0 saturated heterocycles. The number of para-hydroxylation sites is 2. The molecule has 0 atom stereocenters. The maximum absolute atomic E-state index is 12.9. The summed E-state index contributed by atoms with van der Waals surface area (Å²) < 4.78 is 21.6. The van der Waals surface area contributed by atoms with Crippen LogP contribution in [0.2, 0.25) is 0 Å². The van der Waals surface area contributed by atoms with Gasteiger partial charge in [-0.3, -0.25) is 14.7 Å². The first-order valence-corrected chi connectivity index (χ1v) is 11.9. The number of aryl methyl sites for hydroxylation is 1. The Morgan fingerprint density at radius 3 is 2.28 bits per heavy atom. The number of pyridine rings is 1.